The molecular weight excluding hydrogens is 178 g/mol. The number of carboxylic acids is 1. The van der Waals surface area contributed by atoms with Crippen molar-refractivity contribution in [3.05, 3.63) is 29.8 Å². The van der Waals surface area contributed by atoms with Crippen LogP contribution in [-0.2, 0) is 11.2 Å². The highest BCUT2D eigenvalue weighted by Gasteiger charge is 1.99. The van der Waals surface area contributed by atoms with Crippen LogP contribution in [0.25, 0.3) is 0 Å². The normalized spacial score (nSPS) is 9.79. The number of anilines is 1. The summed E-state index contributed by atoms with van der Waals surface area (Å²) < 4.78 is 0. The van der Waals surface area contributed by atoms with E-state index in [1.165, 1.54) is 0 Å². The summed E-state index contributed by atoms with van der Waals surface area (Å²) in [4.78, 5) is 10.4. The summed E-state index contributed by atoms with van der Waals surface area (Å²) >= 11 is 0. The fourth-order valence-electron chi connectivity index (χ4n) is 1.18. The molecule has 0 saturated carbocycles. The molecule has 0 aliphatic rings. The minimum absolute atomic E-state index is 0.0913. The van der Waals surface area contributed by atoms with E-state index in [0.717, 1.165) is 24.2 Å². The van der Waals surface area contributed by atoms with E-state index in [1.807, 2.05) is 24.3 Å². The van der Waals surface area contributed by atoms with E-state index < -0.39 is 5.97 Å². The van der Waals surface area contributed by atoms with Crippen LogP contribution >= 0.6 is 0 Å². The van der Waals surface area contributed by atoms with Crippen LogP contribution in [0.15, 0.2) is 24.3 Å². The zero-order valence-electron chi connectivity index (χ0n) is 8.29. The Labute approximate surface area is 83.8 Å². The molecule has 2 N–H and O–H groups in total. The quantitative estimate of drug-likeness (QED) is 0.753. The fraction of sp³-hybridized carbons (Fsp3) is 0.364. The van der Waals surface area contributed by atoms with E-state index in [4.69, 9.17) is 5.11 Å². The van der Waals surface area contributed by atoms with Crippen LogP contribution in [0, 0.1) is 0 Å². The number of benzene rings is 1. The van der Waals surface area contributed by atoms with Gasteiger partial charge in [0.05, 0.1) is 6.42 Å². The molecule has 0 amide bonds. The van der Waals surface area contributed by atoms with Gasteiger partial charge in [-0.2, -0.15) is 0 Å². The summed E-state index contributed by atoms with van der Waals surface area (Å²) in [6.07, 6.45) is 1.17. The monoisotopic (exact) mass is 193 g/mol. The largest absolute Gasteiger partial charge is 0.481 e. The van der Waals surface area contributed by atoms with E-state index >= 15 is 0 Å². The molecule has 14 heavy (non-hydrogen) atoms. The van der Waals surface area contributed by atoms with Crippen LogP contribution in [0.5, 0.6) is 0 Å². The Morgan fingerprint density at radius 1 is 1.36 bits per heavy atom. The van der Waals surface area contributed by atoms with E-state index in [2.05, 4.69) is 12.2 Å². The maximum Gasteiger partial charge on any atom is 0.307 e. The fourth-order valence-corrected chi connectivity index (χ4v) is 1.18. The van der Waals surface area contributed by atoms with Gasteiger partial charge < -0.3 is 10.4 Å². The highest BCUT2D eigenvalue weighted by Crippen LogP contribution is 2.09. The van der Waals surface area contributed by atoms with Crippen LogP contribution in [0.2, 0.25) is 0 Å². The topological polar surface area (TPSA) is 49.3 Å². The molecule has 0 spiro atoms. The SMILES string of the molecule is CCCNc1ccc(CC(=O)O)cc1. The van der Waals surface area contributed by atoms with Crippen LogP contribution in [0.4, 0.5) is 5.69 Å². The van der Waals surface area contributed by atoms with E-state index in [0.29, 0.717) is 0 Å². The molecule has 0 atom stereocenters. The minimum Gasteiger partial charge on any atom is -0.481 e. The smallest absolute Gasteiger partial charge is 0.307 e. The molecule has 0 bridgehead atoms. The standard InChI is InChI=1S/C11H15NO2/c1-2-7-12-10-5-3-9(4-6-10)8-11(13)14/h3-6,12H,2,7-8H2,1H3,(H,13,14). The van der Waals surface area contributed by atoms with Crippen LogP contribution < -0.4 is 5.32 Å². The van der Waals surface area contributed by atoms with Crippen LogP contribution in [0.1, 0.15) is 18.9 Å². The van der Waals surface area contributed by atoms with Crippen molar-refractivity contribution in [2.24, 2.45) is 0 Å². The number of carbonyl (C=O) groups is 1. The first-order valence-electron chi connectivity index (χ1n) is 4.77. The Morgan fingerprint density at radius 2 is 2.00 bits per heavy atom. The highest BCUT2D eigenvalue weighted by molar-refractivity contribution is 5.70. The number of hydrogen-bond acceptors (Lipinski definition) is 2. The molecule has 0 heterocycles. The van der Waals surface area contributed by atoms with Crippen molar-refractivity contribution in [3.8, 4) is 0 Å². The molecule has 0 aliphatic carbocycles. The van der Waals surface area contributed by atoms with Crippen molar-refractivity contribution in [2.45, 2.75) is 19.8 Å². The average molecular weight is 193 g/mol. The summed E-state index contributed by atoms with van der Waals surface area (Å²) in [6, 6.07) is 7.50. The summed E-state index contributed by atoms with van der Waals surface area (Å²) in [5.41, 5.74) is 1.88. The van der Waals surface area contributed by atoms with E-state index in [1.54, 1.807) is 0 Å². The highest BCUT2D eigenvalue weighted by atomic mass is 16.4. The van der Waals surface area contributed by atoms with Crippen molar-refractivity contribution >= 4 is 11.7 Å². The predicted octanol–water partition coefficient (Wildman–Crippen LogP) is 2.14. The van der Waals surface area contributed by atoms with Gasteiger partial charge in [-0.3, -0.25) is 4.79 Å². The lowest BCUT2D eigenvalue weighted by Gasteiger charge is -2.04. The molecule has 76 valence electrons. The number of hydrogen-bond donors (Lipinski definition) is 2. The zero-order chi connectivity index (χ0) is 10.4. The Hall–Kier alpha value is -1.51. The maximum absolute atomic E-state index is 10.4. The lowest BCUT2D eigenvalue weighted by atomic mass is 10.1. The van der Waals surface area contributed by atoms with Gasteiger partial charge in [-0.25, -0.2) is 0 Å². The number of rotatable bonds is 5. The maximum atomic E-state index is 10.4. The van der Waals surface area contributed by atoms with E-state index in [-0.39, 0.29) is 6.42 Å². The van der Waals surface area contributed by atoms with Crippen molar-refractivity contribution in [2.75, 3.05) is 11.9 Å². The Balaban J connectivity index is 2.54. The molecule has 1 rings (SSSR count). The zero-order valence-corrected chi connectivity index (χ0v) is 8.29. The van der Waals surface area contributed by atoms with Gasteiger partial charge in [-0.05, 0) is 24.1 Å². The van der Waals surface area contributed by atoms with Gasteiger partial charge in [-0.1, -0.05) is 19.1 Å². The first kappa shape index (κ1) is 10.6. The number of carboxylic acid groups (broad SMARTS) is 1. The summed E-state index contributed by atoms with van der Waals surface area (Å²) in [5.74, 6) is -0.792. The van der Waals surface area contributed by atoms with Gasteiger partial charge in [0.25, 0.3) is 0 Å². The summed E-state index contributed by atoms with van der Waals surface area (Å²) in [6.45, 7) is 3.05. The Morgan fingerprint density at radius 3 is 2.50 bits per heavy atom. The molecule has 0 radical (unpaired) electrons. The summed E-state index contributed by atoms with van der Waals surface area (Å²) in [5, 5.41) is 11.8. The third-order valence-electron chi connectivity index (χ3n) is 1.89. The Bertz CT molecular complexity index is 293. The van der Waals surface area contributed by atoms with E-state index in [9.17, 15) is 4.79 Å². The minimum atomic E-state index is -0.792. The van der Waals surface area contributed by atoms with Gasteiger partial charge in [-0.15, -0.1) is 0 Å². The third-order valence-corrected chi connectivity index (χ3v) is 1.89. The lowest BCUT2D eigenvalue weighted by Crippen LogP contribution is -2.01. The molecular formula is C11H15NO2. The van der Waals surface area contributed by atoms with Gasteiger partial charge in [0.15, 0.2) is 0 Å². The van der Waals surface area contributed by atoms with Crippen LogP contribution in [-0.4, -0.2) is 17.6 Å². The molecule has 1 aromatic rings. The Kier molecular flexibility index (Phi) is 3.98. The van der Waals surface area contributed by atoms with Crippen LogP contribution in [0.3, 0.4) is 0 Å². The number of nitrogens with one attached hydrogen (secondary N) is 1. The second-order valence-corrected chi connectivity index (χ2v) is 3.19. The molecule has 0 aromatic heterocycles. The lowest BCUT2D eigenvalue weighted by molar-refractivity contribution is -0.136. The van der Waals surface area contributed by atoms with Gasteiger partial charge in [0.1, 0.15) is 0 Å². The predicted molar refractivity (Wildman–Crippen MR) is 56.6 cm³/mol. The van der Waals surface area contributed by atoms with Gasteiger partial charge >= 0.3 is 5.97 Å². The average Bonchev–Trinajstić information content (AvgIpc) is 2.16. The van der Waals surface area contributed by atoms with Gasteiger partial charge in [0.2, 0.25) is 0 Å². The molecule has 0 saturated heterocycles. The molecule has 0 fully saturated rings. The first-order chi connectivity index (χ1) is 6.72. The molecule has 3 heteroatoms. The second kappa shape index (κ2) is 5.27. The van der Waals surface area contributed by atoms with Crippen molar-refractivity contribution in [3.63, 3.8) is 0 Å². The van der Waals surface area contributed by atoms with Crippen molar-refractivity contribution in [1.82, 2.24) is 0 Å². The summed E-state index contributed by atoms with van der Waals surface area (Å²) in [7, 11) is 0. The molecule has 3 nitrogen and oxygen atoms in total. The second-order valence-electron chi connectivity index (χ2n) is 3.19. The molecule has 0 aliphatic heterocycles. The number of aliphatic carboxylic acids is 1. The van der Waals surface area contributed by atoms with Gasteiger partial charge in [0, 0.05) is 12.2 Å². The molecule has 0 unspecified atom stereocenters. The molecule has 1 aromatic carbocycles. The first-order valence-corrected chi connectivity index (χ1v) is 4.77. The van der Waals surface area contributed by atoms with Crippen molar-refractivity contribution < 1.29 is 9.90 Å². The third kappa shape index (κ3) is 3.47. The van der Waals surface area contributed by atoms with Crippen molar-refractivity contribution in [1.29, 1.82) is 0 Å².